The van der Waals surface area contributed by atoms with Crippen molar-refractivity contribution in [2.45, 2.75) is 32.1 Å². The lowest BCUT2D eigenvalue weighted by atomic mass is 9.86. The SMILES string of the molecule is C=C1Cn2c(cc3c(c2=O)COC(=O)[C@]3(O)CC)/C1=N/C. The van der Waals surface area contributed by atoms with Crippen LogP contribution in [0.5, 0.6) is 0 Å². The summed E-state index contributed by atoms with van der Waals surface area (Å²) in [5, 5.41) is 10.6. The Morgan fingerprint density at radius 2 is 2.24 bits per heavy atom. The standard InChI is InChI=1S/C15H16N2O4/c1-4-15(20)10-5-11-12(16-3)8(2)6-17(11)13(18)9(10)7-21-14(15)19/h5,20H,2,4,6-7H2,1,3H3/b16-12+/t15-/m0/s1. The van der Waals surface area contributed by atoms with Crippen LogP contribution in [-0.2, 0) is 28.3 Å². The van der Waals surface area contributed by atoms with Gasteiger partial charge in [-0.3, -0.25) is 9.79 Å². The van der Waals surface area contributed by atoms with E-state index in [0.29, 0.717) is 29.1 Å². The molecule has 3 rings (SSSR count). The molecule has 1 N–H and O–H groups in total. The third-order valence-electron chi connectivity index (χ3n) is 4.19. The van der Waals surface area contributed by atoms with E-state index in [9.17, 15) is 14.7 Å². The van der Waals surface area contributed by atoms with Crippen LogP contribution < -0.4 is 5.56 Å². The fourth-order valence-electron chi connectivity index (χ4n) is 2.97. The number of aliphatic imine (C=N–C) groups is 1. The normalized spacial score (nSPS) is 25.8. The highest BCUT2D eigenvalue weighted by molar-refractivity contribution is 6.13. The van der Waals surface area contributed by atoms with Gasteiger partial charge in [0.2, 0.25) is 0 Å². The fraction of sp³-hybridized carbons (Fsp3) is 0.400. The number of nitrogens with zero attached hydrogens (tertiary/aromatic N) is 2. The van der Waals surface area contributed by atoms with Crippen LogP contribution in [0.3, 0.4) is 0 Å². The smallest absolute Gasteiger partial charge is 0.343 e. The molecular formula is C15H16N2O4. The molecule has 0 unspecified atom stereocenters. The molecule has 110 valence electrons. The van der Waals surface area contributed by atoms with Gasteiger partial charge in [-0.15, -0.1) is 0 Å². The monoisotopic (exact) mass is 288 g/mol. The lowest BCUT2D eigenvalue weighted by Crippen LogP contribution is -2.44. The largest absolute Gasteiger partial charge is 0.458 e. The number of esters is 1. The van der Waals surface area contributed by atoms with Gasteiger partial charge < -0.3 is 14.4 Å². The number of allylic oxidation sites excluding steroid dienone is 1. The number of rotatable bonds is 1. The van der Waals surface area contributed by atoms with Gasteiger partial charge >= 0.3 is 5.97 Å². The average Bonchev–Trinajstić information content (AvgIpc) is 2.79. The summed E-state index contributed by atoms with van der Waals surface area (Å²) in [6.45, 7) is 5.84. The number of cyclic esters (lactones) is 1. The van der Waals surface area contributed by atoms with Crippen molar-refractivity contribution in [3.05, 3.63) is 45.4 Å². The topological polar surface area (TPSA) is 80.9 Å². The van der Waals surface area contributed by atoms with Crippen LogP contribution >= 0.6 is 0 Å². The van der Waals surface area contributed by atoms with Gasteiger partial charge in [0.25, 0.3) is 5.56 Å². The van der Waals surface area contributed by atoms with Gasteiger partial charge in [-0.1, -0.05) is 13.5 Å². The second kappa shape index (κ2) is 4.39. The maximum absolute atomic E-state index is 12.6. The highest BCUT2D eigenvalue weighted by Crippen LogP contribution is 2.34. The molecule has 6 nitrogen and oxygen atoms in total. The zero-order valence-corrected chi connectivity index (χ0v) is 12.0. The number of hydrogen-bond donors (Lipinski definition) is 1. The Morgan fingerprint density at radius 3 is 2.86 bits per heavy atom. The summed E-state index contributed by atoms with van der Waals surface area (Å²) in [6, 6.07) is 1.67. The van der Waals surface area contributed by atoms with Crippen molar-refractivity contribution < 1.29 is 14.6 Å². The van der Waals surface area contributed by atoms with Crippen LogP contribution in [0.25, 0.3) is 0 Å². The Balaban J connectivity index is 2.35. The van der Waals surface area contributed by atoms with Crippen LogP contribution in [0.2, 0.25) is 0 Å². The van der Waals surface area contributed by atoms with E-state index in [1.807, 2.05) is 0 Å². The Kier molecular flexibility index (Phi) is 2.88. The molecule has 0 bridgehead atoms. The zero-order valence-electron chi connectivity index (χ0n) is 12.0. The van der Waals surface area contributed by atoms with Gasteiger partial charge in [0, 0.05) is 12.6 Å². The summed E-state index contributed by atoms with van der Waals surface area (Å²) in [6.07, 6.45) is 0.140. The van der Waals surface area contributed by atoms with Crippen molar-refractivity contribution in [3.8, 4) is 0 Å². The first-order chi connectivity index (χ1) is 9.93. The molecule has 0 aromatic carbocycles. The number of carbonyl (C=O) groups is 1. The maximum atomic E-state index is 12.6. The third-order valence-corrected chi connectivity index (χ3v) is 4.19. The van der Waals surface area contributed by atoms with Crippen molar-refractivity contribution in [2.75, 3.05) is 7.05 Å². The van der Waals surface area contributed by atoms with Crippen LogP contribution in [0.1, 0.15) is 30.2 Å². The lowest BCUT2D eigenvalue weighted by Gasteiger charge is -2.31. The molecular weight excluding hydrogens is 272 g/mol. The van der Waals surface area contributed by atoms with Gasteiger partial charge in [-0.05, 0) is 18.1 Å². The van der Waals surface area contributed by atoms with E-state index in [0.717, 1.165) is 5.57 Å². The van der Waals surface area contributed by atoms with Crippen molar-refractivity contribution in [1.29, 1.82) is 0 Å². The van der Waals surface area contributed by atoms with Crippen LogP contribution in [0.15, 0.2) is 28.0 Å². The second-order valence-electron chi connectivity index (χ2n) is 5.28. The molecule has 3 heterocycles. The van der Waals surface area contributed by atoms with E-state index >= 15 is 0 Å². The van der Waals surface area contributed by atoms with E-state index in [1.165, 1.54) is 0 Å². The number of ether oxygens (including phenoxy) is 1. The van der Waals surface area contributed by atoms with Gasteiger partial charge in [0.15, 0.2) is 5.60 Å². The van der Waals surface area contributed by atoms with E-state index in [2.05, 4.69) is 11.6 Å². The van der Waals surface area contributed by atoms with E-state index in [1.54, 1.807) is 24.6 Å². The molecule has 0 saturated heterocycles. The second-order valence-corrected chi connectivity index (χ2v) is 5.28. The Hall–Kier alpha value is -2.21. The minimum Gasteiger partial charge on any atom is -0.458 e. The predicted octanol–water partition coefficient (Wildman–Crippen LogP) is 0.491. The molecule has 0 saturated carbocycles. The molecule has 0 aliphatic carbocycles. The minimum absolute atomic E-state index is 0.110. The highest BCUT2D eigenvalue weighted by Gasteiger charge is 2.45. The van der Waals surface area contributed by atoms with E-state index in [-0.39, 0.29) is 18.6 Å². The van der Waals surface area contributed by atoms with Crippen LogP contribution in [0.4, 0.5) is 0 Å². The number of carbonyl (C=O) groups excluding carboxylic acids is 1. The first kappa shape index (κ1) is 13.8. The summed E-state index contributed by atoms with van der Waals surface area (Å²) >= 11 is 0. The highest BCUT2D eigenvalue weighted by atomic mass is 16.6. The predicted molar refractivity (Wildman–Crippen MR) is 76.3 cm³/mol. The Labute approximate surface area is 121 Å². The Morgan fingerprint density at radius 1 is 1.52 bits per heavy atom. The first-order valence-corrected chi connectivity index (χ1v) is 6.76. The molecule has 2 aliphatic rings. The van der Waals surface area contributed by atoms with Gasteiger partial charge in [0.05, 0.1) is 23.5 Å². The summed E-state index contributed by atoms with van der Waals surface area (Å²) in [7, 11) is 1.63. The maximum Gasteiger partial charge on any atom is 0.343 e. The summed E-state index contributed by atoms with van der Waals surface area (Å²) in [5.41, 5.74) is 0.581. The Bertz CT molecular complexity index is 760. The first-order valence-electron chi connectivity index (χ1n) is 6.76. The van der Waals surface area contributed by atoms with Gasteiger partial charge in [0.1, 0.15) is 6.61 Å². The molecule has 0 amide bonds. The van der Waals surface area contributed by atoms with Crippen LogP contribution in [-0.4, -0.2) is 28.4 Å². The molecule has 1 aromatic heterocycles. The van der Waals surface area contributed by atoms with Crippen LogP contribution in [0, 0.1) is 0 Å². The zero-order chi connectivity index (χ0) is 15.4. The van der Waals surface area contributed by atoms with E-state index < -0.39 is 11.6 Å². The third kappa shape index (κ3) is 1.65. The quantitative estimate of drug-likeness (QED) is 0.763. The van der Waals surface area contributed by atoms with Crippen molar-refractivity contribution in [1.82, 2.24) is 4.57 Å². The molecule has 1 atom stereocenters. The lowest BCUT2D eigenvalue weighted by molar-refractivity contribution is -0.172. The molecule has 0 spiro atoms. The molecule has 0 fully saturated rings. The summed E-state index contributed by atoms with van der Waals surface area (Å²) in [5.74, 6) is -0.714. The number of aliphatic hydroxyl groups is 1. The molecule has 6 heteroatoms. The van der Waals surface area contributed by atoms with Crippen molar-refractivity contribution in [2.24, 2.45) is 4.99 Å². The number of pyridine rings is 1. The number of hydrogen-bond acceptors (Lipinski definition) is 5. The van der Waals surface area contributed by atoms with Gasteiger partial charge in [-0.25, -0.2) is 4.79 Å². The molecule has 21 heavy (non-hydrogen) atoms. The fourth-order valence-corrected chi connectivity index (χ4v) is 2.97. The van der Waals surface area contributed by atoms with Crippen molar-refractivity contribution >= 4 is 11.7 Å². The molecule has 0 radical (unpaired) electrons. The summed E-state index contributed by atoms with van der Waals surface area (Å²) < 4.78 is 6.53. The van der Waals surface area contributed by atoms with Gasteiger partial charge in [-0.2, -0.15) is 0 Å². The number of aromatic nitrogens is 1. The molecule has 1 aromatic rings. The number of fused-ring (bicyclic) bond motifs is 2. The van der Waals surface area contributed by atoms with E-state index in [4.69, 9.17) is 4.74 Å². The summed E-state index contributed by atoms with van der Waals surface area (Å²) in [4.78, 5) is 28.6. The van der Waals surface area contributed by atoms with Crippen molar-refractivity contribution in [3.63, 3.8) is 0 Å². The molecule has 2 aliphatic heterocycles. The minimum atomic E-state index is -1.77. The average molecular weight is 288 g/mol.